The average Bonchev–Trinajstić information content (AvgIpc) is 3.29. The monoisotopic (exact) mass is 591 g/mol. The number of hydrogen-bond acceptors (Lipinski definition) is 6. The van der Waals surface area contributed by atoms with Crippen LogP contribution in [-0.4, -0.2) is 64.7 Å². The first-order valence-electron chi connectivity index (χ1n) is 14.9. The normalized spacial score (nSPS) is 20.0. The van der Waals surface area contributed by atoms with E-state index in [1.54, 1.807) is 28.4 Å². The Hall–Kier alpha value is -3.28. The molecule has 1 aliphatic heterocycles. The lowest BCUT2D eigenvalue weighted by molar-refractivity contribution is 0.102. The Bertz CT molecular complexity index is 1650. The van der Waals surface area contributed by atoms with Gasteiger partial charge in [0, 0.05) is 68.0 Å². The first-order chi connectivity index (χ1) is 19.8. The molecular formula is C31H42FN7O2Si. The van der Waals surface area contributed by atoms with Crippen LogP contribution in [0, 0.1) is 12.7 Å². The molecule has 2 aliphatic rings. The standard InChI is InChI=1S/C31H42FN7O2Si/c1-19-16-39-17-21(14-24(32)29(39)33-19)35-30(40)22-8-9-26(23-18-37(5)36-28(22)23)38-12-10-20(11-13-38)34-25-15-27(25)41-42(6,7)31(2,3)4/h8-9,14,16-18,20,25,27,34H,10-13,15H2,1-7H3,(H,35,40)/t25-,27-/m1/s1. The van der Waals surface area contributed by atoms with Gasteiger partial charge in [-0.05, 0) is 56.5 Å². The quantitative estimate of drug-likeness (QED) is 0.271. The molecule has 0 spiro atoms. The first kappa shape index (κ1) is 28.8. The lowest BCUT2D eigenvalue weighted by atomic mass is 10.0. The largest absolute Gasteiger partial charge is 0.412 e. The maximum atomic E-state index is 14.6. The second-order valence-electron chi connectivity index (χ2n) is 13.5. The molecule has 1 amide bonds. The lowest BCUT2D eigenvalue weighted by Crippen LogP contribution is -2.46. The predicted molar refractivity (Wildman–Crippen MR) is 167 cm³/mol. The molecular weight excluding hydrogens is 549 g/mol. The zero-order valence-electron chi connectivity index (χ0n) is 25.7. The molecule has 11 heteroatoms. The number of pyridine rings is 1. The Morgan fingerprint density at radius 3 is 2.60 bits per heavy atom. The Kier molecular flexibility index (Phi) is 7.18. The molecule has 9 nitrogen and oxygen atoms in total. The Morgan fingerprint density at radius 2 is 1.88 bits per heavy atom. The van der Waals surface area contributed by atoms with Crippen molar-refractivity contribution in [2.45, 2.75) is 83.3 Å². The molecule has 1 saturated heterocycles. The van der Waals surface area contributed by atoms with Gasteiger partial charge in [0.1, 0.15) is 5.52 Å². The minimum Gasteiger partial charge on any atom is -0.412 e. The number of rotatable bonds is 7. The van der Waals surface area contributed by atoms with Crippen LogP contribution in [0.1, 0.15) is 56.1 Å². The number of fused-ring (bicyclic) bond motifs is 2. The number of piperidine rings is 1. The second kappa shape index (κ2) is 10.5. The zero-order valence-corrected chi connectivity index (χ0v) is 26.7. The van der Waals surface area contributed by atoms with Crippen LogP contribution in [0.5, 0.6) is 0 Å². The molecule has 224 valence electrons. The van der Waals surface area contributed by atoms with Gasteiger partial charge in [-0.1, -0.05) is 20.8 Å². The molecule has 2 N–H and O–H groups in total. The van der Waals surface area contributed by atoms with E-state index in [0.717, 1.165) is 43.4 Å². The van der Waals surface area contributed by atoms with Crippen LogP contribution in [0.15, 0.2) is 36.8 Å². The number of benzene rings is 1. The number of nitrogens with zero attached hydrogens (tertiary/aromatic N) is 5. The summed E-state index contributed by atoms with van der Waals surface area (Å²) in [7, 11) is 0.120. The molecule has 4 aromatic rings. The molecule has 3 aromatic heterocycles. The third kappa shape index (κ3) is 5.57. The van der Waals surface area contributed by atoms with Gasteiger partial charge in [0.25, 0.3) is 5.91 Å². The van der Waals surface area contributed by atoms with Crippen molar-refractivity contribution in [3.05, 3.63) is 53.9 Å². The van der Waals surface area contributed by atoms with Crippen molar-refractivity contribution in [1.29, 1.82) is 0 Å². The summed E-state index contributed by atoms with van der Waals surface area (Å²) >= 11 is 0. The van der Waals surface area contributed by atoms with Crippen LogP contribution in [0.3, 0.4) is 0 Å². The minimum absolute atomic E-state index is 0.227. The Morgan fingerprint density at radius 1 is 1.14 bits per heavy atom. The molecule has 4 heterocycles. The maximum Gasteiger partial charge on any atom is 0.257 e. The van der Waals surface area contributed by atoms with Gasteiger partial charge < -0.3 is 24.4 Å². The van der Waals surface area contributed by atoms with Gasteiger partial charge in [-0.2, -0.15) is 5.10 Å². The fourth-order valence-corrected chi connectivity index (χ4v) is 7.10. The molecule has 0 unspecified atom stereocenters. The van der Waals surface area contributed by atoms with Crippen molar-refractivity contribution in [3.8, 4) is 0 Å². The summed E-state index contributed by atoms with van der Waals surface area (Å²) in [5.41, 5.74) is 3.47. The first-order valence-corrected chi connectivity index (χ1v) is 17.8. The van der Waals surface area contributed by atoms with Crippen LogP contribution >= 0.6 is 0 Å². The molecule has 42 heavy (non-hydrogen) atoms. The van der Waals surface area contributed by atoms with Crippen molar-refractivity contribution in [3.63, 3.8) is 0 Å². The van der Waals surface area contributed by atoms with Crippen molar-refractivity contribution in [1.82, 2.24) is 24.5 Å². The van der Waals surface area contributed by atoms with Gasteiger partial charge in [-0.3, -0.25) is 9.48 Å². The number of anilines is 2. The average molecular weight is 592 g/mol. The summed E-state index contributed by atoms with van der Waals surface area (Å²) in [6.07, 6.45) is 8.92. The topological polar surface area (TPSA) is 88.7 Å². The van der Waals surface area contributed by atoms with Gasteiger partial charge in [0.15, 0.2) is 19.8 Å². The van der Waals surface area contributed by atoms with E-state index in [4.69, 9.17) is 4.43 Å². The van der Waals surface area contributed by atoms with Gasteiger partial charge in [-0.25, -0.2) is 9.37 Å². The summed E-state index contributed by atoms with van der Waals surface area (Å²) in [5.74, 6) is -0.819. The van der Waals surface area contributed by atoms with Crippen LogP contribution in [0.25, 0.3) is 16.6 Å². The summed E-state index contributed by atoms with van der Waals surface area (Å²) in [4.78, 5) is 19.9. The van der Waals surface area contributed by atoms with E-state index in [9.17, 15) is 9.18 Å². The van der Waals surface area contributed by atoms with Crippen molar-refractivity contribution in [2.24, 2.45) is 7.05 Å². The maximum absolute atomic E-state index is 14.6. The Balaban J connectivity index is 1.12. The van der Waals surface area contributed by atoms with Crippen LogP contribution < -0.4 is 15.5 Å². The molecule has 1 aromatic carbocycles. The third-order valence-electron chi connectivity index (χ3n) is 9.17. The number of carbonyl (C=O) groups is 1. The zero-order chi connectivity index (χ0) is 30.0. The molecule has 2 atom stereocenters. The van der Waals surface area contributed by atoms with E-state index in [1.807, 2.05) is 25.4 Å². The van der Waals surface area contributed by atoms with E-state index in [1.165, 1.54) is 6.07 Å². The summed E-state index contributed by atoms with van der Waals surface area (Å²) in [6, 6.07) is 6.08. The highest BCUT2D eigenvalue weighted by molar-refractivity contribution is 6.74. The highest BCUT2D eigenvalue weighted by Gasteiger charge is 2.47. The fourth-order valence-electron chi connectivity index (χ4n) is 5.73. The molecule has 0 radical (unpaired) electrons. The predicted octanol–water partition coefficient (Wildman–Crippen LogP) is 5.64. The molecule has 0 bridgehead atoms. The van der Waals surface area contributed by atoms with Crippen LogP contribution in [0.4, 0.5) is 15.8 Å². The van der Waals surface area contributed by atoms with Gasteiger partial charge in [0.05, 0.1) is 23.0 Å². The van der Waals surface area contributed by atoms with Gasteiger partial charge in [0.2, 0.25) is 0 Å². The van der Waals surface area contributed by atoms with E-state index >= 15 is 0 Å². The number of halogens is 1. The smallest absolute Gasteiger partial charge is 0.257 e. The SMILES string of the molecule is Cc1cn2cc(NC(=O)c3ccc(N4CCC(N[C@@H]5C[C@H]5O[Si](C)(C)C(C)(C)C)CC4)c4cn(C)nc34)cc(F)c2n1. The number of aryl methyl sites for hydroxylation is 2. The van der Waals surface area contributed by atoms with Gasteiger partial charge >= 0.3 is 0 Å². The highest BCUT2D eigenvalue weighted by atomic mass is 28.4. The second-order valence-corrected chi connectivity index (χ2v) is 18.3. The number of hydrogen-bond donors (Lipinski definition) is 2. The minimum atomic E-state index is -1.74. The lowest BCUT2D eigenvalue weighted by Gasteiger charge is -2.37. The summed E-state index contributed by atoms with van der Waals surface area (Å²) in [6.45, 7) is 15.2. The molecule has 1 aliphatic carbocycles. The summed E-state index contributed by atoms with van der Waals surface area (Å²) in [5, 5.41) is 12.5. The van der Waals surface area contributed by atoms with E-state index < -0.39 is 14.1 Å². The molecule has 6 rings (SSSR count). The van der Waals surface area contributed by atoms with Crippen molar-refractivity contribution >= 4 is 42.1 Å². The molecule has 1 saturated carbocycles. The molecule has 2 fully saturated rings. The van der Waals surface area contributed by atoms with Crippen LogP contribution in [0.2, 0.25) is 18.1 Å². The number of aromatic nitrogens is 4. The number of amides is 1. The third-order valence-corrected chi connectivity index (χ3v) is 13.7. The van der Waals surface area contributed by atoms with Gasteiger partial charge in [-0.15, -0.1) is 0 Å². The number of imidazole rings is 1. The van der Waals surface area contributed by atoms with E-state index in [0.29, 0.717) is 40.6 Å². The number of carbonyl (C=O) groups excluding carboxylic acids is 1. The summed E-state index contributed by atoms with van der Waals surface area (Å²) < 4.78 is 24.5. The van der Waals surface area contributed by atoms with Crippen molar-refractivity contribution < 1.29 is 13.6 Å². The highest BCUT2D eigenvalue weighted by Crippen LogP contribution is 2.41. The van der Waals surface area contributed by atoms with Crippen molar-refractivity contribution in [2.75, 3.05) is 23.3 Å². The number of nitrogens with one attached hydrogen (secondary N) is 2. The van der Waals surface area contributed by atoms with E-state index in [-0.39, 0.29) is 16.6 Å². The van der Waals surface area contributed by atoms with Crippen LogP contribution in [-0.2, 0) is 11.5 Å². The Labute approximate surface area is 247 Å². The fraction of sp³-hybridized carbons (Fsp3) is 0.516. The van der Waals surface area contributed by atoms with E-state index in [2.05, 4.69) is 59.5 Å².